The van der Waals surface area contributed by atoms with Gasteiger partial charge in [-0.25, -0.2) is 8.42 Å². The summed E-state index contributed by atoms with van der Waals surface area (Å²) in [5.41, 5.74) is 5.66. The normalized spacial score (nSPS) is 11.0. The molecule has 0 saturated carbocycles. The third kappa shape index (κ3) is 6.34. The van der Waals surface area contributed by atoms with Crippen molar-refractivity contribution < 1.29 is 18.0 Å². The van der Waals surface area contributed by atoms with Crippen LogP contribution in [0.3, 0.4) is 0 Å². The minimum atomic E-state index is -3.36. The molecule has 0 aliphatic heterocycles. The minimum Gasteiger partial charge on any atom is -0.322 e. The van der Waals surface area contributed by atoms with Crippen molar-refractivity contribution in [3.05, 3.63) is 100 Å². The number of nitrogens with one attached hydrogen (secondary N) is 3. The van der Waals surface area contributed by atoms with Crippen molar-refractivity contribution in [2.75, 3.05) is 21.6 Å². The van der Waals surface area contributed by atoms with Crippen molar-refractivity contribution in [2.24, 2.45) is 0 Å². The number of amides is 2. The van der Waals surface area contributed by atoms with Crippen LogP contribution < -0.4 is 15.4 Å². The summed E-state index contributed by atoms with van der Waals surface area (Å²) in [6.45, 7) is 1.99. The second kappa shape index (κ2) is 10.1. The van der Waals surface area contributed by atoms with Crippen molar-refractivity contribution >= 4 is 50.2 Å². The fourth-order valence-electron chi connectivity index (χ4n) is 3.45. The molecule has 0 radical (unpaired) electrons. The van der Waals surface area contributed by atoms with E-state index in [1.807, 2.05) is 42.6 Å². The Morgan fingerprint density at radius 3 is 1.97 bits per heavy atom. The molecule has 0 aliphatic carbocycles. The molecule has 0 fully saturated rings. The summed E-state index contributed by atoms with van der Waals surface area (Å²) >= 11 is 1.47. The maximum absolute atomic E-state index is 12.7. The molecule has 35 heavy (non-hydrogen) atoms. The summed E-state index contributed by atoms with van der Waals surface area (Å²) < 4.78 is 25.0. The molecular formula is C26H23N3O4S2. The van der Waals surface area contributed by atoms with E-state index in [2.05, 4.69) is 15.4 Å². The Labute approximate surface area is 207 Å². The van der Waals surface area contributed by atoms with Crippen LogP contribution in [0.2, 0.25) is 0 Å². The van der Waals surface area contributed by atoms with Gasteiger partial charge in [0.25, 0.3) is 11.8 Å². The van der Waals surface area contributed by atoms with Gasteiger partial charge in [0, 0.05) is 28.0 Å². The van der Waals surface area contributed by atoms with E-state index in [-0.39, 0.29) is 11.8 Å². The van der Waals surface area contributed by atoms with Crippen molar-refractivity contribution in [3.8, 4) is 11.1 Å². The van der Waals surface area contributed by atoms with Crippen molar-refractivity contribution in [2.45, 2.75) is 6.92 Å². The number of rotatable bonds is 7. The molecule has 4 rings (SSSR count). The third-order valence-corrected chi connectivity index (χ3v) is 6.47. The fourth-order valence-corrected chi connectivity index (χ4v) is 4.65. The first-order valence-corrected chi connectivity index (χ1v) is 13.5. The lowest BCUT2D eigenvalue weighted by Crippen LogP contribution is -2.12. The molecule has 7 nitrogen and oxygen atoms in total. The molecule has 3 aromatic carbocycles. The molecule has 1 heterocycles. The molecule has 0 unspecified atom stereocenters. The van der Waals surface area contributed by atoms with Gasteiger partial charge in [-0.05, 0) is 83.6 Å². The summed E-state index contributed by atoms with van der Waals surface area (Å²) in [5, 5.41) is 9.38. The zero-order valence-corrected chi connectivity index (χ0v) is 20.7. The van der Waals surface area contributed by atoms with Crippen LogP contribution in [0.1, 0.15) is 26.3 Å². The molecule has 0 spiro atoms. The van der Waals surface area contributed by atoms with Gasteiger partial charge in [0.2, 0.25) is 10.0 Å². The maximum atomic E-state index is 12.7. The van der Waals surface area contributed by atoms with Gasteiger partial charge >= 0.3 is 0 Å². The first-order valence-electron chi connectivity index (χ1n) is 10.6. The lowest BCUT2D eigenvalue weighted by atomic mass is 9.98. The monoisotopic (exact) mass is 505 g/mol. The molecule has 0 bridgehead atoms. The van der Waals surface area contributed by atoms with Crippen LogP contribution in [-0.4, -0.2) is 26.5 Å². The Hall–Kier alpha value is -3.95. The van der Waals surface area contributed by atoms with E-state index >= 15 is 0 Å². The van der Waals surface area contributed by atoms with Gasteiger partial charge in [0.05, 0.1) is 11.8 Å². The van der Waals surface area contributed by atoms with Crippen LogP contribution in [0, 0.1) is 6.92 Å². The van der Waals surface area contributed by atoms with E-state index in [4.69, 9.17) is 0 Å². The Morgan fingerprint density at radius 2 is 1.34 bits per heavy atom. The van der Waals surface area contributed by atoms with Crippen molar-refractivity contribution in [1.29, 1.82) is 0 Å². The molecule has 3 N–H and O–H groups in total. The SMILES string of the molecule is Cc1ccc(NC(=O)c2ccsc2)cc1-c1ccc(C(=O)Nc2ccc(NS(C)(=O)=O)cc2)cc1. The highest BCUT2D eigenvalue weighted by molar-refractivity contribution is 7.92. The van der Waals surface area contributed by atoms with E-state index in [0.29, 0.717) is 28.2 Å². The Bertz CT molecular complexity index is 1460. The summed E-state index contributed by atoms with van der Waals surface area (Å²) in [5.74, 6) is -0.443. The number of carbonyl (C=O) groups excluding carboxylic acids is 2. The summed E-state index contributed by atoms with van der Waals surface area (Å²) in [7, 11) is -3.36. The van der Waals surface area contributed by atoms with Gasteiger partial charge in [-0.2, -0.15) is 11.3 Å². The van der Waals surface area contributed by atoms with E-state index in [1.165, 1.54) is 11.3 Å². The Kier molecular flexibility index (Phi) is 6.99. The molecule has 178 valence electrons. The van der Waals surface area contributed by atoms with Gasteiger partial charge < -0.3 is 10.6 Å². The van der Waals surface area contributed by atoms with Gasteiger partial charge in [-0.3, -0.25) is 14.3 Å². The van der Waals surface area contributed by atoms with Crippen LogP contribution in [0.5, 0.6) is 0 Å². The van der Waals surface area contributed by atoms with Crippen molar-refractivity contribution in [3.63, 3.8) is 0 Å². The zero-order chi connectivity index (χ0) is 25.0. The average molecular weight is 506 g/mol. The van der Waals surface area contributed by atoms with Gasteiger partial charge in [-0.15, -0.1) is 0 Å². The molecule has 9 heteroatoms. The number of carbonyl (C=O) groups is 2. The zero-order valence-electron chi connectivity index (χ0n) is 19.0. The number of anilines is 3. The predicted molar refractivity (Wildman–Crippen MR) is 142 cm³/mol. The quantitative estimate of drug-likeness (QED) is 0.304. The molecule has 0 atom stereocenters. The van der Waals surface area contributed by atoms with E-state index in [0.717, 1.165) is 22.9 Å². The second-order valence-electron chi connectivity index (χ2n) is 7.98. The molecule has 0 saturated heterocycles. The molecular weight excluding hydrogens is 482 g/mol. The van der Waals surface area contributed by atoms with Crippen LogP contribution in [0.15, 0.2) is 83.6 Å². The highest BCUT2D eigenvalue weighted by Crippen LogP contribution is 2.27. The van der Waals surface area contributed by atoms with Gasteiger partial charge in [0.1, 0.15) is 0 Å². The summed E-state index contributed by atoms with van der Waals surface area (Å²) in [6, 6.07) is 21.1. The summed E-state index contributed by atoms with van der Waals surface area (Å²) in [6.07, 6.45) is 1.07. The maximum Gasteiger partial charge on any atom is 0.256 e. The molecule has 1 aromatic heterocycles. The molecule has 4 aromatic rings. The smallest absolute Gasteiger partial charge is 0.256 e. The topological polar surface area (TPSA) is 104 Å². The van der Waals surface area contributed by atoms with Gasteiger partial charge in [-0.1, -0.05) is 18.2 Å². The number of hydrogen-bond donors (Lipinski definition) is 3. The van der Waals surface area contributed by atoms with Crippen LogP contribution in [0.25, 0.3) is 11.1 Å². The Morgan fingerprint density at radius 1 is 0.743 bits per heavy atom. The first kappa shape index (κ1) is 24.2. The largest absolute Gasteiger partial charge is 0.322 e. The fraction of sp³-hybridized carbons (Fsp3) is 0.0769. The standard InChI is InChI=1S/C26H23N3O4S2/c1-17-3-8-23(28-26(31)20-13-14-34-16-20)15-24(17)18-4-6-19(7-5-18)25(30)27-21-9-11-22(12-10-21)29-35(2,32)33/h3-16,29H,1-2H3,(H,27,30)(H,28,31). The number of aryl methyl sites for hydroxylation is 1. The first-order chi connectivity index (χ1) is 16.7. The third-order valence-electron chi connectivity index (χ3n) is 5.18. The lowest BCUT2D eigenvalue weighted by molar-refractivity contribution is 0.101. The van der Waals surface area contributed by atoms with E-state index < -0.39 is 10.0 Å². The number of thiophene rings is 1. The Balaban J connectivity index is 1.45. The minimum absolute atomic E-state index is 0.159. The average Bonchev–Trinajstić information content (AvgIpc) is 3.36. The highest BCUT2D eigenvalue weighted by Gasteiger charge is 2.11. The highest BCUT2D eigenvalue weighted by atomic mass is 32.2. The van der Waals surface area contributed by atoms with Crippen LogP contribution in [-0.2, 0) is 10.0 Å². The molecule has 0 aliphatic rings. The molecule has 2 amide bonds. The second-order valence-corrected chi connectivity index (χ2v) is 10.5. The van der Waals surface area contributed by atoms with E-state index in [1.54, 1.807) is 47.8 Å². The lowest BCUT2D eigenvalue weighted by Gasteiger charge is -2.11. The number of benzene rings is 3. The number of sulfonamides is 1. The van der Waals surface area contributed by atoms with Gasteiger partial charge in [0.15, 0.2) is 0 Å². The van der Waals surface area contributed by atoms with Crippen molar-refractivity contribution in [1.82, 2.24) is 0 Å². The van der Waals surface area contributed by atoms with Crippen LogP contribution in [0.4, 0.5) is 17.1 Å². The van der Waals surface area contributed by atoms with E-state index in [9.17, 15) is 18.0 Å². The summed E-state index contributed by atoms with van der Waals surface area (Å²) in [4.78, 5) is 25.0. The number of hydrogen-bond acceptors (Lipinski definition) is 5. The van der Waals surface area contributed by atoms with Crippen LogP contribution >= 0.6 is 11.3 Å². The predicted octanol–water partition coefficient (Wildman–Crippen LogP) is 5.60.